The van der Waals surface area contributed by atoms with Gasteiger partial charge in [0.15, 0.2) is 0 Å². The molecule has 1 saturated heterocycles. The molecule has 1 amide bonds. The summed E-state index contributed by atoms with van der Waals surface area (Å²) in [5, 5.41) is 3.39. The van der Waals surface area contributed by atoms with E-state index in [4.69, 9.17) is 4.42 Å². The molecule has 1 N–H and O–H groups in total. The standard InChI is InChI=1S/C15H24N2O2/c1-15(2,3)16-10-12-7-8-13(19-12)11-17-9-5-4-6-14(17)18/h7-8,16H,4-6,9-11H2,1-3H3. The molecule has 1 fully saturated rings. The Kier molecular flexibility index (Phi) is 4.30. The van der Waals surface area contributed by atoms with Crippen molar-refractivity contribution in [2.75, 3.05) is 6.54 Å². The highest BCUT2D eigenvalue weighted by molar-refractivity contribution is 5.76. The predicted octanol–water partition coefficient (Wildman–Crippen LogP) is 2.68. The van der Waals surface area contributed by atoms with E-state index in [0.717, 1.165) is 37.5 Å². The number of carbonyl (C=O) groups excluding carboxylic acids is 1. The summed E-state index contributed by atoms with van der Waals surface area (Å²) < 4.78 is 5.77. The number of nitrogens with zero attached hydrogens (tertiary/aromatic N) is 1. The lowest BCUT2D eigenvalue weighted by atomic mass is 10.1. The summed E-state index contributed by atoms with van der Waals surface area (Å²) in [6.07, 6.45) is 2.80. The number of rotatable bonds is 4. The summed E-state index contributed by atoms with van der Waals surface area (Å²) in [5.41, 5.74) is 0.0792. The lowest BCUT2D eigenvalue weighted by molar-refractivity contribution is -0.134. The van der Waals surface area contributed by atoms with Crippen molar-refractivity contribution in [2.24, 2.45) is 0 Å². The van der Waals surface area contributed by atoms with Crippen LogP contribution in [0.25, 0.3) is 0 Å². The zero-order valence-corrected chi connectivity index (χ0v) is 12.2. The molecular weight excluding hydrogens is 240 g/mol. The van der Waals surface area contributed by atoms with Gasteiger partial charge in [-0.1, -0.05) is 0 Å². The molecule has 2 rings (SSSR count). The van der Waals surface area contributed by atoms with Crippen LogP contribution in [0.3, 0.4) is 0 Å². The Bertz CT molecular complexity index is 432. The number of nitrogens with one attached hydrogen (secondary N) is 1. The van der Waals surface area contributed by atoms with Gasteiger partial charge in [-0.3, -0.25) is 4.79 Å². The Labute approximate surface area is 115 Å². The number of carbonyl (C=O) groups is 1. The van der Waals surface area contributed by atoms with E-state index in [1.807, 2.05) is 17.0 Å². The first-order valence-electron chi connectivity index (χ1n) is 7.04. The van der Waals surface area contributed by atoms with Crippen molar-refractivity contribution in [3.05, 3.63) is 23.7 Å². The highest BCUT2D eigenvalue weighted by Gasteiger charge is 2.19. The zero-order valence-electron chi connectivity index (χ0n) is 12.2. The Hall–Kier alpha value is -1.29. The summed E-state index contributed by atoms with van der Waals surface area (Å²) in [6.45, 7) is 8.57. The molecule has 0 aliphatic carbocycles. The average molecular weight is 264 g/mol. The van der Waals surface area contributed by atoms with Crippen LogP contribution < -0.4 is 5.32 Å². The molecule has 4 nitrogen and oxygen atoms in total. The molecule has 0 bridgehead atoms. The lowest BCUT2D eigenvalue weighted by Gasteiger charge is -2.25. The maximum Gasteiger partial charge on any atom is 0.222 e. The van der Waals surface area contributed by atoms with Crippen LogP contribution in [0.4, 0.5) is 0 Å². The molecule has 0 spiro atoms. The van der Waals surface area contributed by atoms with Crippen molar-refractivity contribution in [2.45, 2.75) is 58.7 Å². The second-order valence-corrected chi connectivity index (χ2v) is 6.24. The van der Waals surface area contributed by atoms with E-state index >= 15 is 0 Å². The van der Waals surface area contributed by atoms with E-state index in [-0.39, 0.29) is 11.4 Å². The molecule has 0 unspecified atom stereocenters. The maximum absolute atomic E-state index is 11.7. The van der Waals surface area contributed by atoms with Gasteiger partial charge in [-0.15, -0.1) is 0 Å². The number of likely N-dealkylation sites (tertiary alicyclic amines) is 1. The summed E-state index contributed by atoms with van der Waals surface area (Å²) in [7, 11) is 0. The number of hydrogen-bond acceptors (Lipinski definition) is 3. The van der Waals surface area contributed by atoms with E-state index in [0.29, 0.717) is 13.0 Å². The highest BCUT2D eigenvalue weighted by atomic mass is 16.3. The van der Waals surface area contributed by atoms with Crippen LogP contribution in [0, 0.1) is 0 Å². The summed E-state index contributed by atoms with van der Waals surface area (Å²) in [6, 6.07) is 3.96. The quantitative estimate of drug-likeness (QED) is 0.909. The van der Waals surface area contributed by atoms with Crippen molar-refractivity contribution in [3.8, 4) is 0 Å². The first kappa shape index (κ1) is 14.1. The van der Waals surface area contributed by atoms with Crippen LogP contribution in [0.2, 0.25) is 0 Å². The van der Waals surface area contributed by atoms with Gasteiger partial charge < -0.3 is 14.6 Å². The molecule has 1 aliphatic rings. The second kappa shape index (κ2) is 5.78. The maximum atomic E-state index is 11.7. The van der Waals surface area contributed by atoms with Crippen molar-refractivity contribution in [1.29, 1.82) is 0 Å². The van der Waals surface area contributed by atoms with Gasteiger partial charge in [0.05, 0.1) is 13.1 Å². The van der Waals surface area contributed by atoms with Crippen LogP contribution in [0.1, 0.15) is 51.6 Å². The van der Waals surface area contributed by atoms with E-state index in [1.165, 1.54) is 0 Å². The van der Waals surface area contributed by atoms with E-state index in [9.17, 15) is 4.79 Å². The van der Waals surface area contributed by atoms with Gasteiger partial charge in [0.1, 0.15) is 11.5 Å². The SMILES string of the molecule is CC(C)(C)NCc1ccc(CN2CCCCC2=O)o1. The van der Waals surface area contributed by atoms with Gasteiger partial charge in [-0.2, -0.15) is 0 Å². The fraction of sp³-hybridized carbons (Fsp3) is 0.667. The van der Waals surface area contributed by atoms with Crippen LogP contribution >= 0.6 is 0 Å². The molecule has 2 heterocycles. The second-order valence-electron chi connectivity index (χ2n) is 6.24. The fourth-order valence-electron chi connectivity index (χ4n) is 2.17. The Morgan fingerprint density at radius 1 is 1.26 bits per heavy atom. The fourth-order valence-corrected chi connectivity index (χ4v) is 2.17. The molecule has 1 aromatic rings. The van der Waals surface area contributed by atoms with Gasteiger partial charge in [-0.25, -0.2) is 0 Å². The lowest BCUT2D eigenvalue weighted by Crippen LogP contribution is -2.35. The number of amides is 1. The van der Waals surface area contributed by atoms with Crippen molar-refractivity contribution in [1.82, 2.24) is 10.2 Å². The Morgan fingerprint density at radius 3 is 2.68 bits per heavy atom. The first-order valence-corrected chi connectivity index (χ1v) is 7.04. The summed E-state index contributed by atoms with van der Waals surface area (Å²) in [5.74, 6) is 2.05. The van der Waals surface area contributed by atoms with Gasteiger partial charge >= 0.3 is 0 Å². The van der Waals surface area contributed by atoms with E-state index < -0.39 is 0 Å². The first-order chi connectivity index (χ1) is 8.94. The molecule has 0 aromatic carbocycles. The predicted molar refractivity (Wildman–Crippen MR) is 74.6 cm³/mol. The molecule has 0 saturated carbocycles. The third-order valence-electron chi connectivity index (χ3n) is 3.28. The molecule has 0 atom stereocenters. The number of piperidine rings is 1. The van der Waals surface area contributed by atoms with Crippen molar-refractivity contribution >= 4 is 5.91 Å². The molecule has 19 heavy (non-hydrogen) atoms. The minimum absolute atomic E-state index is 0.0792. The summed E-state index contributed by atoms with van der Waals surface area (Å²) in [4.78, 5) is 13.6. The minimum atomic E-state index is 0.0792. The number of furan rings is 1. The third kappa shape index (κ3) is 4.39. The molecular formula is C15H24N2O2. The molecule has 1 aliphatic heterocycles. The van der Waals surface area contributed by atoms with Gasteiger partial charge in [0.2, 0.25) is 5.91 Å². The smallest absolute Gasteiger partial charge is 0.222 e. The Morgan fingerprint density at radius 2 is 2.00 bits per heavy atom. The molecule has 1 aromatic heterocycles. The van der Waals surface area contributed by atoms with Crippen LogP contribution in [0.5, 0.6) is 0 Å². The van der Waals surface area contributed by atoms with Gasteiger partial charge in [-0.05, 0) is 45.7 Å². The monoisotopic (exact) mass is 264 g/mol. The number of hydrogen-bond donors (Lipinski definition) is 1. The minimum Gasteiger partial charge on any atom is -0.463 e. The third-order valence-corrected chi connectivity index (χ3v) is 3.28. The topological polar surface area (TPSA) is 45.5 Å². The molecule has 0 radical (unpaired) electrons. The van der Waals surface area contributed by atoms with Crippen LogP contribution in [0.15, 0.2) is 16.5 Å². The summed E-state index contributed by atoms with van der Waals surface area (Å²) >= 11 is 0. The van der Waals surface area contributed by atoms with Gasteiger partial charge in [0, 0.05) is 18.5 Å². The zero-order chi connectivity index (χ0) is 13.9. The van der Waals surface area contributed by atoms with E-state index in [1.54, 1.807) is 0 Å². The highest BCUT2D eigenvalue weighted by Crippen LogP contribution is 2.16. The molecule has 106 valence electrons. The average Bonchev–Trinajstić information content (AvgIpc) is 2.77. The Balaban J connectivity index is 1.88. The van der Waals surface area contributed by atoms with E-state index in [2.05, 4.69) is 26.1 Å². The largest absolute Gasteiger partial charge is 0.463 e. The van der Waals surface area contributed by atoms with Gasteiger partial charge in [0.25, 0.3) is 0 Å². The van der Waals surface area contributed by atoms with Crippen molar-refractivity contribution < 1.29 is 9.21 Å². The normalized spacial score (nSPS) is 17.0. The van der Waals surface area contributed by atoms with Crippen LogP contribution in [-0.2, 0) is 17.9 Å². The molecule has 4 heteroatoms. The van der Waals surface area contributed by atoms with Crippen LogP contribution in [-0.4, -0.2) is 22.9 Å². The van der Waals surface area contributed by atoms with Crippen molar-refractivity contribution in [3.63, 3.8) is 0 Å².